The van der Waals surface area contributed by atoms with E-state index in [1.807, 2.05) is 6.92 Å². The molecule has 3 N–H and O–H groups in total. The number of anilines is 1. The van der Waals surface area contributed by atoms with Crippen LogP contribution >= 0.6 is 0 Å². The van der Waals surface area contributed by atoms with Gasteiger partial charge in [0.05, 0.1) is 17.1 Å². The Kier molecular flexibility index (Phi) is 4.06. The first-order valence-electron chi connectivity index (χ1n) is 6.50. The first kappa shape index (κ1) is 15.5. The summed E-state index contributed by atoms with van der Waals surface area (Å²) in [6.45, 7) is 7.14. The van der Waals surface area contributed by atoms with Crippen LogP contribution in [0.3, 0.4) is 0 Å². The molecule has 0 bridgehead atoms. The maximum atomic E-state index is 12.5. The number of nitrogen functional groups attached to an aromatic ring is 1. The van der Waals surface area contributed by atoms with Crippen molar-refractivity contribution >= 4 is 15.7 Å². The van der Waals surface area contributed by atoms with Gasteiger partial charge in [0.25, 0.3) is 0 Å². The topological polar surface area (TPSA) is 98.2 Å². The summed E-state index contributed by atoms with van der Waals surface area (Å²) < 4.78 is 32.6. The zero-order valence-electron chi connectivity index (χ0n) is 12.5. The van der Waals surface area contributed by atoms with Crippen LogP contribution in [0.2, 0.25) is 0 Å². The number of nitrogens with one attached hydrogen (secondary N) is 1. The van der Waals surface area contributed by atoms with E-state index >= 15 is 0 Å². The van der Waals surface area contributed by atoms with Crippen LogP contribution in [-0.4, -0.2) is 13.6 Å². The average Bonchev–Trinajstić information content (AvgIpc) is 2.80. The highest BCUT2D eigenvalue weighted by Gasteiger charge is 2.22. The molecule has 2 aromatic rings. The van der Waals surface area contributed by atoms with E-state index in [0.29, 0.717) is 28.3 Å². The normalized spacial score (nSPS) is 11.8. The summed E-state index contributed by atoms with van der Waals surface area (Å²) in [5, 5.41) is 3.72. The van der Waals surface area contributed by atoms with Gasteiger partial charge < -0.3 is 10.3 Å². The monoisotopic (exact) mass is 309 g/mol. The average molecular weight is 309 g/mol. The van der Waals surface area contributed by atoms with Crippen molar-refractivity contribution in [1.82, 2.24) is 9.88 Å². The predicted molar refractivity (Wildman–Crippen MR) is 80.3 cm³/mol. The van der Waals surface area contributed by atoms with E-state index in [9.17, 15) is 8.42 Å². The number of hydrogen-bond acceptors (Lipinski definition) is 5. The van der Waals surface area contributed by atoms with E-state index in [0.717, 1.165) is 5.56 Å². The third-order valence-electron chi connectivity index (χ3n) is 3.46. The molecule has 0 saturated carbocycles. The highest BCUT2D eigenvalue weighted by atomic mass is 32.2. The number of aromatic nitrogens is 1. The van der Waals surface area contributed by atoms with E-state index < -0.39 is 10.0 Å². The van der Waals surface area contributed by atoms with Gasteiger partial charge in [0.1, 0.15) is 0 Å². The Morgan fingerprint density at radius 1 is 1.19 bits per heavy atom. The van der Waals surface area contributed by atoms with Crippen LogP contribution in [0.4, 0.5) is 5.69 Å². The molecule has 0 aliphatic heterocycles. The molecule has 0 radical (unpaired) electrons. The van der Waals surface area contributed by atoms with Crippen LogP contribution in [0.15, 0.2) is 21.6 Å². The molecule has 114 valence electrons. The fourth-order valence-corrected chi connectivity index (χ4v) is 3.74. The summed E-state index contributed by atoms with van der Waals surface area (Å²) in [4.78, 5) is 0.233. The molecule has 0 fully saturated rings. The van der Waals surface area contributed by atoms with Crippen molar-refractivity contribution in [2.75, 3.05) is 5.73 Å². The third kappa shape index (κ3) is 3.08. The summed E-state index contributed by atoms with van der Waals surface area (Å²) in [6, 6.07) is 3.47. The lowest BCUT2D eigenvalue weighted by Crippen LogP contribution is -2.25. The Morgan fingerprint density at radius 2 is 1.86 bits per heavy atom. The molecule has 0 amide bonds. The van der Waals surface area contributed by atoms with Crippen molar-refractivity contribution in [3.63, 3.8) is 0 Å². The van der Waals surface area contributed by atoms with Crippen molar-refractivity contribution < 1.29 is 12.9 Å². The summed E-state index contributed by atoms with van der Waals surface area (Å²) in [6.07, 6.45) is 0. The highest BCUT2D eigenvalue weighted by molar-refractivity contribution is 7.89. The standard InChI is InChI=1S/C14H19N3O3S/c1-8-5-13(15)11(4)14(10(8)3)21(18,19)16-7-12-6-9(2)17-20-12/h5-6,16H,7,15H2,1-4H3. The predicted octanol–water partition coefficient (Wildman–Crippen LogP) is 1.97. The van der Waals surface area contributed by atoms with E-state index in [4.69, 9.17) is 10.3 Å². The molecule has 2 rings (SSSR count). The second-order valence-electron chi connectivity index (χ2n) is 5.12. The van der Waals surface area contributed by atoms with Gasteiger partial charge in [-0.2, -0.15) is 0 Å². The summed E-state index contributed by atoms with van der Waals surface area (Å²) >= 11 is 0. The fraction of sp³-hybridized carbons (Fsp3) is 0.357. The second-order valence-corrected chi connectivity index (χ2v) is 6.82. The van der Waals surface area contributed by atoms with Crippen molar-refractivity contribution in [2.24, 2.45) is 0 Å². The minimum Gasteiger partial charge on any atom is -0.398 e. The van der Waals surface area contributed by atoms with Gasteiger partial charge in [0.2, 0.25) is 10.0 Å². The number of nitrogens with zero attached hydrogens (tertiary/aromatic N) is 1. The number of nitrogens with two attached hydrogens (primary N) is 1. The first-order chi connectivity index (χ1) is 9.72. The Hall–Kier alpha value is -1.86. The summed E-state index contributed by atoms with van der Waals surface area (Å²) in [5.74, 6) is 0.465. The van der Waals surface area contributed by atoms with Crippen LogP contribution < -0.4 is 10.5 Å². The van der Waals surface area contributed by atoms with Gasteiger partial charge in [-0.3, -0.25) is 0 Å². The molecule has 0 aliphatic rings. The largest absolute Gasteiger partial charge is 0.398 e. The minimum absolute atomic E-state index is 0.0515. The van der Waals surface area contributed by atoms with Gasteiger partial charge in [-0.1, -0.05) is 5.16 Å². The van der Waals surface area contributed by atoms with Gasteiger partial charge in [-0.15, -0.1) is 0 Å². The molecule has 0 spiro atoms. The van der Waals surface area contributed by atoms with E-state index in [-0.39, 0.29) is 11.4 Å². The van der Waals surface area contributed by atoms with E-state index in [1.54, 1.807) is 32.9 Å². The maximum Gasteiger partial charge on any atom is 0.241 e. The summed E-state index contributed by atoms with van der Waals surface area (Å²) in [7, 11) is -3.67. The van der Waals surface area contributed by atoms with E-state index in [2.05, 4.69) is 9.88 Å². The van der Waals surface area contributed by atoms with Crippen LogP contribution in [-0.2, 0) is 16.6 Å². The van der Waals surface area contributed by atoms with Crippen molar-refractivity contribution in [3.05, 3.63) is 40.3 Å². The zero-order chi connectivity index (χ0) is 15.8. The number of aryl methyl sites for hydroxylation is 2. The Labute approximate surface area is 124 Å². The number of rotatable bonds is 4. The minimum atomic E-state index is -3.67. The lowest BCUT2D eigenvalue weighted by atomic mass is 10.1. The Morgan fingerprint density at radius 3 is 2.43 bits per heavy atom. The van der Waals surface area contributed by atoms with Gasteiger partial charge in [-0.05, 0) is 50.5 Å². The second kappa shape index (κ2) is 5.50. The van der Waals surface area contributed by atoms with Crippen LogP contribution in [0.5, 0.6) is 0 Å². The molecule has 6 nitrogen and oxygen atoms in total. The summed E-state index contributed by atoms with van der Waals surface area (Å²) in [5.41, 5.74) is 9.14. The molecule has 1 aromatic carbocycles. The molecule has 0 unspecified atom stereocenters. The molecular weight excluding hydrogens is 290 g/mol. The Balaban J connectivity index is 2.36. The number of sulfonamides is 1. The number of benzene rings is 1. The van der Waals surface area contributed by atoms with Gasteiger partial charge in [0, 0.05) is 11.8 Å². The van der Waals surface area contributed by atoms with Gasteiger partial charge in [-0.25, -0.2) is 13.1 Å². The van der Waals surface area contributed by atoms with Crippen LogP contribution in [0, 0.1) is 27.7 Å². The first-order valence-corrected chi connectivity index (χ1v) is 7.99. The molecular formula is C14H19N3O3S. The molecule has 0 saturated heterocycles. The highest BCUT2D eigenvalue weighted by Crippen LogP contribution is 2.27. The molecule has 0 atom stereocenters. The maximum absolute atomic E-state index is 12.5. The van der Waals surface area contributed by atoms with Crippen molar-refractivity contribution in [1.29, 1.82) is 0 Å². The quantitative estimate of drug-likeness (QED) is 0.841. The molecule has 1 aromatic heterocycles. The lowest BCUT2D eigenvalue weighted by Gasteiger charge is -2.15. The zero-order valence-corrected chi connectivity index (χ0v) is 13.3. The lowest BCUT2D eigenvalue weighted by molar-refractivity contribution is 0.377. The van der Waals surface area contributed by atoms with Gasteiger partial charge in [0.15, 0.2) is 5.76 Å². The molecule has 7 heteroatoms. The number of hydrogen-bond donors (Lipinski definition) is 2. The molecule has 1 heterocycles. The Bertz CT molecular complexity index is 753. The fourth-order valence-electron chi connectivity index (χ4n) is 2.18. The molecule has 21 heavy (non-hydrogen) atoms. The van der Waals surface area contributed by atoms with Crippen LogP contribution in [0.1, 0.15) is 28.1 Å². The third-order valence-corrected chi connectivity index (χ3v) is 5.13. The van der Waals surface area contributed by atoms with E-state index in [1.165, 1.54) is 0 Å². The van der Waals surface area contributed by atoms with Gasteiger partial charge >= 0.3 is 0 Å². The smallest absolute Gasteiger partial charge is 0.241 e. The SMILES string of the molecule is Cc1cc(CNS(=O)(=O)c2c(C)c(C)cc(N)c2C)on1. The molecule has 0 aliphatic carbocycles. The van der Waals surface area contributed by atoms with Crippen molar-refractivity contribution in [2.45, 2.75) is 39.1 Å². The van der Waals surface area contributed by atoms with Crippen LogP contribution in [0.25, 0.3) is 0 Å². The van der Waals surface area contributed by atoms with Crippen molar-refractivity contribution in [3.8, 4) is 0 Å².